The minimum atomic E-state index is -0.403. The van der Waals surface area contributed by atoms with Gasteiger partial charge in [0.2, 0.25) is 11.8 Å². The Bertz CT molecular complexity index is 1130. The molecule has 1 aliphatic heterocycles. The molecule has 3 N–H and O–H groups in total. The summed E-state index contributed by atoms with van der Waals surface area (Å²) < 4.78 is 17.4. The van der Waals surface area contributed by atoms with Crippen molar-refractivity contribution < 1.29 is 14.2 Å². The first-order valence-corrected chi connectivity index (χ1v) is 9.68. The standard InChI is InChI=1S/C23H22N4O3/c1-3-28-19-11-16(9-10-18(19)29-13-15-7-5-4-6-8-15)21-17(12-24)22(25)30-23-20(21)14(2)26-27-23/h4-11,21H,3,13,25H2,1-2H3,(H,26,27). The number of aromatic amines is 1. The van der Waals surface area contributed by atoms with E-state index in [1.807, 2.05) is 62.4 Å². The Kier molecular flexibility index (Phi) is 5.31. The van der Waals surface area contributed by atoms with Gasteiger partial charge in [0.1, 0.15) is 18.2 Å². The molecule has 0 saturated heterocycles. The summed E-state index contributed by atoms with van der Waals surface area (Å²) in [5.74, 6) is 1.28. The van der Waals surface area contributed by atoms with E-state index in [1.165, 1.54) is 0 Å². The van der Waals surface area contributed by atoms with Crippen LogP contribution < -0.4 is 19.9 Å². The summed E-state index contributed by atoms with van der Waals surface area (Å²) in [4.78, 5) is 0. The number of H-pyrrole nitrogens is 1. The minimum Gasteiger partial charge on any atom is -0.490 e. The van der Waals surface area contributed by atoms with E-state index < -0.39 is 5.92 Å². The predicted octanol–water partition coefficient (Wildman–Crippen LogP) is 3.91. The molecule has 2 aromatic carbocycles. The lowest BCUT2D eigenvalue weighted by Gasteiger charge is -2.24. The van der Waals surface area contributed by atoms with Crippen LogP contribution in [-0.2, 0) is 6.61 Å². The Morgan fingerprint density at radius 1 is 1.17 bits per heavy atom. The van der Waals surface area contributed by atoms with Crippen molar-refractivity contribution in [1.29, 1.82) is 5.26 Å². The van der Waals surface area contributed by atoms with Crippen molar-refractivity contribution in [2.45, 2.75) is 26.4 Å². The molecule has 1 aromatic heterocycles. The van der Waals surface area contributed by atoms with E-state index in [0.717, 1.165) is 22.4 Å². The molecule has 3 aromatic rings. The van der Waals surface area contributed by atoms with Crippen LogP contribution in [0, 0.1) is 18.3 Å². The molecule has 0 amide bonds. The largest absolute Gasteiger partial charge is 0.490 e. The molecule has 0 bridgehead atoms. The number of hydrogen-bond acceptors (Lipinski definition) is 6. The van der Waals surface area contributed by atoms with Crippen LogP contribution in [0.1, 0.15) is 35.2 Å². The van der Waals surface area contributed by atoms with Gasteiger partial charge in [-0.3, -0.25) is 5.10 Å². The molecule has 1 unspecified atom stereocenters. The molecule has 1 atom stereocenters. The quantitative estimate of drug-likeness (QED) is 0.647. The van der Waals surface area contributed by atoms with E-state index in [-0.39, 0.29) is 5.88 Å². The van der Waals surface area contributed by atoms with Crippen LogP contribution in [0.25, 0.3) is 0 Å². The van der Waals surface area contributed by atoms with Gasteiger partial charge in [0, 0.05) is 11.3 Å². The number of hydrogen-bond donors (Lipinski definition) is 2. The highest BCUT2D eigenvalue weighted by Crippen LogP contribution is 2.44. The van der Waals surface area contributed by atoms with Gasteiger partial charge >= 0.3 is 0 Å². The number of nitrogens with two attached hydrogens (primary N) is 1. The van der Waals surface area contributed by atoms with Crippen LogP contribution in [-0.4, -0.2) is 16.8 Å². The van der Waals surface area contributed by atoms with Crippen molar-refractivity contribution in [2.75, 3.05) is 6.61 Å². The average Bonchev–Trinajstić information content (AvgIpc) is 3.12. The van der Waals surface area contributed by atoms with E-state index in [4.69, 9.17) is 19.9 Å². The van der Waals surface area contributed by atoms with Crippen LogP contribution >= 0.6 is 0 Å². The van der Waals surface area contributed by atoms with Gasteiger partial charge in [-0.2, -0.15) is 5.26 Å². The number of aryl methyl sites for hydroxylation is 1. The molecule has 2 heterocycles. The summed E-state index contributed by atoms with van der Waals surface area (Å²) in [7, 11) is 0. The highest BCUT2D eigenvalue weighted by atomic mass is 16.5. The Morgan fingerprint density at radius 3 is 2.70 bits per heavy atom. The zero-order chi connectivity index (χ0) is 21.1. The second-order valence-electron chi connectivity index (χ2n) is 6.91. The maximum atomic E-state index is 9.73. The van der Waals surface area contributed by atoms with Crippen molar-refractivity contribution in [3.05, 3.63) is 82.4 Å². The van der Waals surface area contributed by atoms with Crippen LogP contribution in [0.4, 0.5) is 0 Å². The van der Waals surface area contributed by atoms with Gasteiger partial charge in [-0.25, -0.2) is 0 Å². The lowest BCUT2D eigenvalue weighted by atomic mass is 9.84. The number of benzene rings is 2. The van der Waals surface area contributed by atoms with Gasteiger partial charge in [0.25, 0.3) is 0 Å². The predicted molar refractivity (Wildman–Crippen MR) is 111 cm³/mol. The summed E-state index contributed by atoms with van der Waals surface area (Å²) in [6.45, 7) is 4.72. The molecule has 7 nitrogen and oxygen atoms in total. The van der Waals surface area contributed by atoms with Gasteiger partial charge in [0.05, 0.1) is 12.5 Å². The maximum absolute atomic E-state index is 9.73. The van der Waals surface area contributed by atoms with Gasteiger partial charge in [-0.15, -0.1) is 5.10 Å². The highest BCUT2D eigenvalue weighted by molar-refractivity contribution is 5.57. The summed E-state index contributed by atoms with van der Waals surface area (Å²) in [6.07, 6.45) is 0. The van der Waals surface area contributed by atoms with E-state index in [1.54, 1.807) is 0 Å². The van der Waals surface area contributed by atoms with Crippen molar-refractivity contribution >= 4 is 0 Å². The van der Waals surface area contributed by atoms with Gasteiger partial charge in [0.15, 0.2) is 11.5 Å². The second kappa shape index (κ2) is 8.21. The first-order valence-electron chi connectivity index (χ1n) is 9.68. The lowest BCUT2D eigenvalue weighted by Crippen LogP contribution is -2.21. The highest BCUT2D eigenvalue weighted by Gasteiger charge is 2.34. The van der Waals surface area contributed by atoms with Crippen LogP contribution in [0.3, 0.4) is 0 Å². The van der Waals surface area contributed by atoms with E-state index in [2.05, 4.69) is 16.3 Å². The second-order valence-corrected chi connectivity index (χ2v) is 6.91. The number of nitrogens with one attached hydrogen (secondary N) is 1. The summed E-state index contributed by atoms with van der Waals surface area (Å²) >= 11 is 0. The Labute approximate surface area is 174 Å². The Hall–Kier alpha value is -3.92. The first kappa shape index (κ1) is 19.4. The van der Waals surface area contributed by atoms with E-state index in [0.29, 0.717) is 36.2 Å². The summed E-state index contributed by atoms with van der Waals surface area (Å²) in [5.41, 5.74) is 9.87. The molecular formula is C23H22N4O3. The smallest absolute Gasteiger partial charge is 0.244 e. The van der Waals surface area contributed by atoms with Crippen LogP contribution in [0.2, 0.25) is 0 Å². The number of nitrogens with zero attached hydrogens (tertiary/aromatic N) is 2. The van der Waals surface area contributed by atoms with Crippen molar-refractivity contribution in [1.82, 2.24) is 10.2 Å². The van der Waals surface area contributed by atoms with Crippen molar-refractivity contribution in [2.24, 2.45) is 5.73 Å². The molecule has 0 spiro atoms. The molecule has 0 saturated carbocycles. The van der Waals surface area contributed by atoms with Crippen LogP contribution in [0.5, 0.6) is 17.4 Å². The van der Waals surface area contributed by atoms with Crippen molar-refractivity contribution in [3.63, 3.8) is 0 Å². The SMILES string of the molecule is CCOc1cc(C2C(C#N)=C(N)Oc3n[nH]c(C)c32)ccc1OCc1ccccc1. The third-order valence-electron chi connectivity index (χ3n) is 4.97. The fourth-order valence-corrected chi connectivity index (χ4v) is 3.56. The third-order valence-corrected chi connectivity index (χ3v) is 4.97. The molecule has 0 fully saturated rings. The summed E-state index contributed by atoms with van der Waals surface area (Å²) in [5, 5.41) is 16.8. The minimum absolute atomic E-state index is 0.0591. The molecule has 30 heavy (non-hydrogen) atoms. The van der Waals surface area contributed by atoms with Gasteiger partial charge in [-0.1, -0.05) is 36.4 Å². The Morgan fingerprint density at radius 2 is 1.97 bits per heavy atom. The molecule has 0 radical (unpaired) electrons. The number of aromatic nitrogens is 2. The Balaban J connectivity index is 1.71. The zero-order valence-electron chi connectivity index (χ0n) is 16.8. The summed E-state index contributed by atoms with van der Waals surface area (Å²) in [6, 6.07) is 17.8. The topological polar surface area (TPSA) is 106 Å². The van der Waals surface area contributed by atoms with Crippen LogP contribution in [0.15, 0.2) is 60.0 Å². The fourth-order valence-electron chi connectivity index (χ4n) is 3.56. The van der Waals surface area contributed by atoms with E-state index in [9.17, 15) is 5.26 Å². The monoisotopic (exact) mass is 402 g/mol. The number of ether oxygens (including phenoxy) is 3. The normalized spacial score (nSPS) is 15.2. The molecule has 1 aliphatic rings. The number of fused-ring (bicyclic) bond motifs is 1. The van der Waals surface area contributed by atoms with Gasteiger partial charge in [-0.05, 0) is 37.1 Å². The molecular weight excluding hydrogens is 380 g/mol. The maximum Gasteiger partial charge on any atom is 0.244 e. The van der Waals surface area contributed by atoms with Crippen molar-refractivity contribution in [3.8, 4) is 23.4 Å². The fraction of sp³-hybridized carbons (Fsp3) is 0.217. The molecule has 152 valence electrons. The molecule has 4 rings (SSSR count). The number of allylic oxidation sites excluding steroid dienone is 1. The molecule has 0 aliphatic carbocycles. The first-order chi connectivity index (χ1) is 14.6. The lowest BCUT2D eigenvalue weighted by molar-refractivity contribution is 0.269. The zero-order valence-corrected chi connectivity index (χ0v) is 16.8. The average molecular weight is 402 g/mol. The van der Waals surface area contributed by atoms with E-state index >= 15 is 0 Å². The number of nitriles is 1. The number of rotatable bonds is 6. The van der Waals surface area contributed by atoms with Gasteiger partial charge < -0.3 is 19.9 Å². The molecule has 7 heteroatoms. The third kappa shape index (κ3) is 3.55.